The van der Waals surface area contributed by atoms with Crippen LogP contribution in [0.2, 0.25) is 0 Å². The molecule has 0 bridgehead atoms. The smallest absolute Gasteiger partial charge is 0.226 e. The molecule has 0 radical (unpaired) electrons. The Labute approximate surface area is 129 Å². The van der Waals surface area contributed by atoms with E-state index in [0.717, 1.165) is 51.0 Å². The highest BCUT2D eigenvalue weighted by Gasteiger charge is 2.39. The highest BCUT2D eigenvalue weighted by atomic mass is 16.2. The summed E-state index contributed by atoms with van der Waals surface area (Å²) in [5.74, 6) is 0.578. The molecule has 1 amide bonds. The van der Waals surface area contributed by atoms with Crippen LogP contribution in [0.15, 0.2) is 24.7 Å². The summed E-state index contributed by atoms with van der Waals surface area (Å²) in [6, 6.07) is 4.53. The van der Waals surface area contributed by atoms with E-state index in [1.165, 1.54) is 5.56 Å². The van der Waals surface area contributed by atoms with Crippen molar-refractivity contribution in [3.63, 3.8) is 0 Å². The first-order chi connectivity index (χ1) is 10.8. The van der Waals surface area contributed by atoms with Crippen molar-refractivity contribution in [3.05, 3.63) is 30.2 Å². The van der Waals surface area contributed by atoms with Crippen LogP contribution in [-0.2, 0) is 11.2 Å². The van der Waals surface area contributed by atoms with Gasteiger partial charge < -0.3 is 10.2 Å². The standard InChI is InChI=1S/C16H21N5O/c22-16-13(9-14-10-17-6-8-20(14)16)4-1-3-12-5-2-7-21-15(12)18-11-19-21/h2,5,7,11,13-14,17H,1,3-4,6,8-10H2. The molecule has 2 aromatic heterocycles. The largest absolute Gasteiger partial charge is 0.337 e. The molecule has 0 aromatic carbocycles. The Kier molecular flexibility index (Phi) is 3.54. The van der Waals surface area contributed by atoms with Crippen LogP contribution in [0.1, 0.15) is 24.8 Å². The minimum Gasteiger partial charge on any atom is -0.337 e. The van der Waals surface area contributed by atoms with Gasteiger partial charge in [0.05, 0.1) is 0 Å². The van der Waals surface area contributed by atoms with Gasteiger partial charge >= 0.3 is 0 Å². The SMILES string of the molecule is O=C1C(CCCc2cccn3ncnc23)CC2CNCCN12. The molecule has 0 aliphatic carbocycles. The van der Waals surface area contributed by atoms with Crippen LogP contribution in [-0.4, -0.2) is 51.1 Å². The van der Waals surface area contributed by atoms with Crippen molar-refractivity contribution in [1.29, 1.82) is 0 Å². The van der Waals surface area contributed by atoms with Gasteiger partial charge in [-0.1, -0.05) is 6.07 Å². The molecule has 1 N–H and O–H groups in total. The number of pyridine rings is 1. The molecular formula is C16H21N5O. The van der Waals surface area contributed by atoms with Gasteiger partial charge in [0.2, 0.25) is 5.91 Å². The Balaban J connectivity index is 1.37. The highest BCUT2D eigenvalue weighted by molar-refractivity contribution is 5.81. The molecule has 4 rings (SSSR count). The lowest BCUT2D eigenvalue weighted by Crippen LogP contribution is -2.49. The van der Waals surface area contributed by atoms with Gasteiger partial charge in [-0.05, 0) is 37.3 Å². The lowest BCUT2D eigenvalue weighted by Gasteiger charge is -2.30. The minimum absolute atomic E-state index is 0.211. The van der Waals surface area contributed by atoms with Crippen molar-refractivity contribution < 1.29 is 4.79 Å². The van der Waals surface area contributed by atoms with Crippen LogP contribution in [0.25, 0.3) is 5.65 Å². The third-order valence-corrected chi connectivity index (χ3v) is 4.92. The molecule has 6 nitrogen and oxygen atoms in total. The Morgan fingerprint density at radius 3 is 3.27 bits per heavy atom. The normalized spacial score (nSPS) is 24.9. The number of hydrogen-bond donors (Lipinski definition) is 1. The molecule has 0 saturated carbocycles. The van der Waals surface area contributed by atoms with Crippen LogP contribution >= 0.6 is 0 Å². The minimum atomic E-state index is 0.211. The number of rotatable bonds is 4. The number of piperazine rings is 1. The molecule has 116 valence electrons. The molecule has 6 heteroatoms. The molecule has 2 aromatic rings. The van der Waals surface area contributed by atoms with E-state index >= 15 is 0 Å². The average Bonchev–Trinajstić information content (AvgIpc) is 3.14. The van der Waals surface area contributed by atoms with E-state index in [0.29, 0.717) is 11.9 Å². The van der Waals surface area contributed by atoms with E-state index in [2.05, 4.69) is 26.4 Å². The fraction of sp³-hybridized carbons (Fsp3) is 0.562. The molecule has 2 saturated heterocycles. The molecule has 0 spiro atoms. The maximum absolute atomic E-state index is 12.4. The summed E-state index contributed by atoms with van der Waals surface area (Å²) >= 11 is 0. The maximum Gasteiger partial charge on any atom is 0.226 e. The van der Waals surface area contributed by atoms with E-state index in [4.69, 9.17) is 0 Å². The second-order valence-electron chi connectivity index (χ2n) is 6.28. The predicted octanol–water partition coefficient (Wildman–Crippen LogP) is 0.872. The third kappa shape index (κ3) is 2.37. The zero-order valence-electron chi connectivity index (χ0n) is 12.6. The van der Waals surface area contributed by atoms with E-state index in [-0.39, 0.29) is 5.92 Å². The van der Waals surface area contributed by atoms with Crippen molar-refractivity contribution in [2.24, 2.45) is 5.92 Å². The topological polar surface area (TPSA) is 62.5 Å². The van der Waals surface area contributed by atoms with E-state index < -0.39 is 0 Å². The third-order valence-electron chi connectivity index (χ3n) is 4.92. The summed E-state index contributed by atoms with van der Waals surface area (Å²) in [5.41, 5.74) is 2.15. The fourth-order valence-electron chi connectivity index (χ4n) is 3.81. The summed E-state index contributed by atoms with van der Waals surface area (Å²) < 4.78 is 1.81. The second kappa shape index (κ2) is 5.68. The Bertz CT molecular complexity index is 682. The highest BCUT2D eigenvalue weighted by Crippen LogP contribution is 2.29. The fourth-order valence-corrected chi connectivity index (χ4v) is 3.81. The van der Waals surface area contributed by atoms with Gasteiger partial charge in [-0.15, -0.1) is 0 Å². The maximum atomic E-state index is 12.4. The van der Waals surface area contributed by atoms with Gasteiger partial charge in [-0.3, -0.25) is 4.79 Å². The number of carbonyl (C=O) groups excluding carboxylic acids is 1. The van der Waals surface area contributed by atoms with Crippen LogP contribution in [0, 0.1) is 5.92 Å². The monoisotopic (exact) mass is 299 g/mol. The lowest BCUT2D eigenvalue weighted by atomic mass is 9.97. The number of nitrogens with zero attached hydrogens (tertiary/aromatic N) is 4. The van der Waals surface area contributed by atoms with Gasteiger partial charge in [0, 0.05) is 37.8 Å². The number of aryl methyl sites for hydroxylation is 1. The predicted molar refractivity (Wildman–Crippen MR) is 82.4 cm³/mol. The summed E-state index contributed by atoms with van der Waals surface area (Å²) in [6.45, 7) is 2.77. The Morgan fingerprint density at radius 1 is 1.41 bits per heavy atom. The van der Waals surface area contributed by atoms with Crippen LogP contribution in [0.3, 0.4) is 0 Å². The van der Waals surface area contributed by atoms with Gasteiger partial charge in [0.1, 0.15) is 6.33 Å². The lowest BCUT2D eigenvalue weighted by molar-refractivity contribution is -0.132. The number of hydrogen-bond acceptors (Lipinski definition) is 4. The first kappa shape index (κ1) is 13.7. The van der Waals surface area contributed by atoms with Crippen molar-refractivity contribution in [1.82, 2.24) is 24.8 Å². The zero-order valence-corrected chi connectivity index (χ0v) is 12.6. The molecule has 4 heterocycles. The van der Waals surface area contributed by atoms with E-state index in [9.17, 15) is 4.79 Å². The van der Waals surface area contributed by atoms with Crippen LogP contribution in [0.5, 0.6) is 0 Å². The van der Waals surface area contributed by atoms with E-state index in [1.54, 1.807) is 6.33 Å². The van der Waals surface area contributed by atoms with Crippen molar-refractivity contribution in [2.75, 3.05) is 19.6 Å². The molecule has 2 atom stereocenters. The number of nitrogens with one attached hydrogen (secondary N) is 1. The summed E-state index contributed by atoms with van der Waals surface area (Å²) in [5, 5.41) is 7.55. The van der Waals surface area contributed by atoms with Crippen LogP contribution < -0.4 is 5.32 Å². The van der Waals surface area contributed by atoms with Crippen molar-refractivity contribution in [2.45, 2.75) is 31.7 Å². The quantitative estimate of drug-likeness (QED) is 0.910. The number of fused-ring (bicyclic) bond motifs is 2. The summed E-state index contributed by atoms with van der Waals surface area (Å²) in [6.07, 6.45) is 7.47. The molecule has 2 aliphatic heterocycles. The van der Waals surface area contributed by atoms with Crippen molar-refractivity contribution in [3.8, 4) is 0 Å². The van der Waals surface area contributed by atoms with Gasteiger partial charge in [-0.25, -0.2) is 9.50 Å². The van der Waals surface area contributed by atoms with Gasteiger partial charge in [0.25, 0.3) is 0 Å². The number of carbonyl (C=O) groups is 1. The Hall–Kier alpha value is -1.95. The molecule has 22 heavy (non-hydrogen) atoms. The van der Waals surface area contributed by atoms with Gasteiger partial charge in [0.15, 0.2) is 5.65 Å². The number of aromatic nitrogens is 3. The first-order valence-corrected chi connectivity index (χ1v) is 8.11. The van der Waals surface area contributed by atoms with Crippen LogP contribution in [0.4, 0.5) is 0 Å². The van der Waals surface area contributed by atoms with Gasteiger partial charge in [-0.2, -0.15) is 5.10 Å². The Morgan fingerprint density at radius 2 is 2.36 bits per heavy atom. The summed E-state index contributed by atoms with van der Waals surface area (Å²) in [7, 11) is 0. The number of amides is 1. The zero-order chi connectivity index (χ0) is 14.9. The average molecular weight is 299 g/mol. The van der Waals surface area contributed by atoms with E-state index in [1.807, 2.05) is 16.8 Å². The molecule has 2 fully saturated rings. The first-order valence-electron chi connectivity index (χ1n) is 8.11. The molecule has 2 aliphatic rings. The summed E-state index contributed by atoms with van der Waals surface area (Å²) in [4.78, 5) is 18.8. The molecule has 2 unspecified atom stereocenters. The second-order valence-corrected chi connectivity index (χ2v) is 6.28. The molecular weight excluding hydrogens is 278 g/mol. The van der Waals surface area contributed by atoms with Crippen molar-refractivity contribution >= 4 is 11.6 Å².